The highest BCUT2D eigenvalue weighted by Gasteiger charge is 2.34. The molecule has 3 atom stereocenters. The van der Waals surface area contributed by atoms with Crippen molar-refractivity contribution in [1.82, 2.24) is 4.90 Å². The first kappa shape index (κ1) is 9.44. The second-order valence-electron chi connectivity index (χ2n) is 4.30. The van der Waals surface area contributed by atoms with Gasteiger partial charge in [0.25, 0.3) is 0 Å². The van der Waals surface area contributed by atoms with Crippen LogP contribution in [-0.2, 0) is 4.74 Å². The van der Waals surface area contributed by atoms with Crippen LogP contribution in [0.15, 0.2) is 0 Å². The van der Waals surface area contributed by atoms with E-state index in [2.05, 4.69) is 4.90 Å². The van der Waals surface area contributed by atoms with E-state index in [4.69, 9.17) is 10.5 Å². The van der Waals surface area contributed by atoms with Crippen LogP contribution in [0.5, 0.6) is 0 Å². The van der Waals surface area contributed by atoms with Gasteiger partial charge in [0.05, 0.1) is 6.10 Å². The standard InChI is InChI=1S/C10H20N2O/c1-13-8-5-6-12(7-8)10-4-2-3-9(10)11/h8-10H,2-7,11H2,1H3. The molecule has 3 nitrogen and oxygen atoms in total. The van der Waals surface area contributed by atoms with Crippen LogP contribution in [0.4, 0.5) is 0 Å². The number of rotatable bonds is 2. The lowest BCUT2D eigenvalue weighted by molar-refractivity contribution is 0.0997. The van der Waals surface area contributed by atoms with Crippen molar-refractivity contribution in [3.05, 3.63) is 0 Å². The summed E-state index contributed by atoms with van der Waals surface area (Å²) in [6.07, 6.45) is 5.43. The molecule has 2 N–H and O–H groups in total. The normalized spacial score (nSPS) is 41.5. The number of likely N-dealkylation sites (tertiary alicyclic amines) is 1. The SMILES string of the molecule is COC1CCN(C2CCCC2N)C1. The fourth-order valence-electron chi connectivity index (χ4n) is 2.67. The Kier molecular flexibility index (Phi) is 2.86. The number of nitrogens with zero attached hydrogens (tertiary/aromatic N) is 1. The van der Waals surface area contributed by atoms with Crippen LogP contribution in [0.2, 0.25) is 0 Å². The van der Waals surface area contributed by atoms with Gasteiger partial charge in [-0.2, -0.15) is 0 Å². The molecule has 1 aliphatic heterocycles. The molecule has 1 aliphatic carbocycles. The third kappa shape index (κ3) is 1.87. The van der Waals surface area contributed by atoms with Crippen molar-refractivity contribution in [2.75, 3.05) is 20.2 Å². The third-order valence-corrected chi connectivity index (χ3v) is 3.51. The van der Waals surface area contributed by atoms with E-state index >= 15 is 0 Å². The second kappa shape index (κ2) is 3.95. The predicted octanol–water partition coefficient (Wildman–Crippen LogP) is 0.587. The summed E-state index contributed by atoms with van der Waals surface area (Å²) in [7, 11) is 1.81. The molecule has 0 aromatic rings. The molecule has 2 rings (SSSR count). The van der Waals surface area contributed by atoms with Crippen molar-refractivity contribution in [3.8, 4) is 0 Å². The molecule has 0 aromatic carbocycles. The molecular weight excluding hydrogens is 164 g/mol. The van der Waals surface area contributed by atoms with E-state index in [0.29, 0.717) is 18.2 Å². The Bertz CT molecular complexity index is 174. The van der Waals surface area contributed by atoms with Gasteiger partial charge >= 0.3 is 0 Å². The van der Waals surface area contributed by atoms with E-state index in [0.717, 1.165) is 6.54 Å². The fourth-order valence-corrected chi connectivity index (χ4v) is 2.67. The van der Waals surface area contributed by atoms with Crippen molar-refractivity contribution >= 4 is 0 Å². The van der Waals surface area contributed by atoms with Crippen LogP contribution in [0.3, 0.4) is 0 Å². The van der Waals surface area contributed by atoms with Gasteiger partial charge in [-0.25, -0.2) is 0 Å². The predicted molar refractivity (Wildman–Crippen MR) is 52.6 cm³/mol. The Morgan fingerprint density at radius 1 is 1.31 bits per heavy atom. The first-order valence-electron chi connectivity index (χ1n) is 5.33. The van der Waals surface area contributed by atoms with Crippen LogP contribution in [-0.4, -0.2) is 43.3 Å². The van der Waals surface area contributed by atoms with E-state index in [1.165, 1.54) is 32.2 Å². The van der Waals surface area contributed by atoms with Crippen molar-refractivity contribution in [1.29, 1.82) is 0 Å². The van der Waals surface area contributed by atoms with Crippen molar-refractivity contribution in [3.63, 3.8) is 0 Å². The molecule has 3 unspecified atom stereocenters. The van der Waals surface area contributed by atoms with Crippen LogP contribution in [0.1, 0.15) is 25.7 Å². The van der Waals surface area contributed by atoms with E-state index in [-0.39, 0.29) is 0 Å². The highest BCUT2D eigenvalue weighted by Crippen LogP contribution is 2.26. The Balaban J connectivity index is 1.88. The molecule has 0 bridgehead atoms. The maximum absolute atomic E-state index is 6.06. The summed E-state index contributed by atoms with van der Waals surface area (Å²) < 4.78 is 5.35. The Morgan fingerprint density at radius 3 is 2.69 bits per heavy atom. The Labute approximate surface area is 80.2 Å². The molecule has 0 radical (unpaired) electrons. The molecule has 1 heterocycles. The fraction of sp³-hybridized carbons (Fsp3) is 1.00. The number of methoxy groups -OCH3 is 1. The van der Waals surface area contributed by atoms with Crippen LogP contribution >= 0.6 is 0 Å². The van der Waals surface area contributed by atoms with Gasteiger partial charge in [-0.15, -0.1) is 0 Å². The third-order valence-electron chi connectivity index (χ3n) is 3.51. The number of hydrogen-bond donors (Lipinski definition) is 1. The molecule has 0 spiro atoms. The molecule has 2 aliphatic rings. The zero-order chi connectivity index (χ0) is 9.26. The molecule has 0 aromatic heterocycles. The van der Waals surface area contributed by atoms with Crippen LogP contribution in [0.25, 0.3) is 0 Å². The minimum absolute atomic E-state index is 0.413. The first-order chi connectivity index (χ1) is 6.31. The van der Waals surface area contributed by atoms with E-state index in [1.807, 2.05) is 7.11 Å². The maximum Gasteiger partial charge on any atom is 0.0710 e. The summed E-state index contributed by atoms with van der Waals surface area (Å²) in [5.41, 5.74) is 6.06. The average Bonchev–Trinajstić information content (AvgIpc) is 2.71. The molecule has 13 heavy (non-hydrogen) atoms. The van der Waals surface area contributed by atoms with Gasteiger partial charge < -0.3 is 10.5 Å². The lowest BCUT2D eigenvalue weighted by atomic mass is 10.1. The van der Waals surface area contributed by atoms with Gasteiger partial charge in [0.15, 0.2) is 0 Å². The Hall–Kier alpha value is -0.120. The first-order valence-corrected chi connectivity index (χ1v) is 5.33. The molecule has 76 valence electrons. The van der Waals surface area contributed by atoms with Gasteiger partial charge in [-0.05, 0) is 19.3 Å². The van der Waals surface area contributed by atoms with Crippen LogP contribution in [0, 0.1) is 0 Å². The quantitative estimate of drug-likeness (QED) is 0.682. The van der Waals surface area contributed by atoms with E-state index < -0.39 is 0 Å². The van der Waals surface area contributed by atoms with Crippen molar-refractivity contribution in [2.45, 2.75) is 43.9 Å². The summed E-state index contributed by atoms with van der Waals surface area (Å²) in [6.45, 7) is 2.27. The second-order valence-corrected chi connectivity index (χ2v) is 4.30. The topological polar surface area (TPSA) is 38.5 Å². The van der Waals surface area contributed by atoms with E-state index in [1.54, 1.807) is 0 Å². The average molecular weight is 184 g/mol. The summed E-state index contributed by atoms with van der Waals surface area (Å²) in [5.74, 6) is 0. The Morgan fingerprint density at radius 2 is 2.15 bits per heavy atom. The highest BCUT2D eigenvalue weighted by atomic mass is 16.5. The maximum atomic E-state index is 6.06. The van der Waals surface area contributed by atoms with Gasteiger partial charge in [-0.1, -0.05) is 6.42 Å². The van der Waals surface area contributed by atoms with Gasteiger partial charge in [0.1, 0.15) is 0 Å². The molecule has 1 saturated heterocycles. The van der Waals surface area contributed by atoms with Gasteiger partial charge in [0.2, 0.25) is 0 Å². The van der Waals surface area contributed by atoms with Gasteiger partial charge in [0, 0.05) is 32.3 Å². The minimum atomic E-state index is 0.413. The number of hydrogen-bond acceptors (Lipinski definition) is 3. The molecule has 1 saturated carbocycles. The number of nitrogens with two attached hydrogens (primary N) is 1. The zero-order valence-corrected chi connectivity index (χ0v) is 8.41. The van der Waals surface area contributed by atoms with E-state index in [9.17, 15) is 0 Å². The van der Waals surface area contributed by atoms with Crippen molar-refractivity contribution in [2.24, 2.45) is 5.73 Å². The zero-order valence-electron chi connectivity index (χ0n) is 8.41. The molecule has 0 amide bonds. The lowest BCUT2D eigenvalue weighted by Crippen LogP contribution is -2.43. The molecular formula is C10H20N2O. The molecule has 3 heteroatoms. The summed E-state index contributed by atoms with van der Waals surface area (Å²) in [4.78, 5) is 2.52. The highest BCUT2D eigenvalue weighted by molar-refractivity contribution is 4.91. The summed E-state index contributed by atoms with van der Waals surface area (Å²) in [6, 6.07) is 1.05. The summed E-state index contributed by atoms with van der Waals surface area (Å²) in [5, 5.41) is 0. The smallest absolute Gasteiger partial charge is 0.0710 e. The van der Waals surface area contributed by atoms with Gasteiger partial charge in [-0.3, -0.25) is 4.90 Å². The van der Waals surface area contributed by atoms with Crippen molar-refractivity contribution < 1.29 is 4.74 Å². The largest absolute Gasteiger partial charge is 0.380 e. The van der Waals surface area contributed by atoms with Crippen LogP contribution < -0.4 is 5.73 Å². The molecule has 2 fully saturated rings. The minimum Gasteiger partial charge on any atom is -0.380 e. The monoisotopic (exact) mass is 184 g/mol. The summed E-state index contributed by atoms with van der Waals surface area (Å²) >= 11 is 0. The number of ether oxygens (including phenoxy) is 1. The lowest BCUT2D eigenvalue weighted by Gasteiger charge is -2.27.